The molecule has 0 radical (unpaired) electrons. The van der Waals surface area contributed by atoms with Crippen molar-refractivity contribution >= 4 is 39.3 Å². The van der Waals surface area contributed by atoms with Crippen molar-refractivity contribution in [1.82, 2.24) is 9.97 Å². The predicted octanol–water partition coefficient (Wildman–Crippen LogP) is 2.49. The summed E-state index contributed by atoms with van der Waals surface area (Å²) < 4.78 is 0. The Morgan fingerprint density at radius 1 is 1.06 bits per heavy atom. The van der Waals surface area contributed by atoms with Crippen LogP contribution in [-0.4, -0.2) is 15.3 Å². The molecular weight excluding hydrogens is 244 g/mol. The number of hydrogen-bond donors (Lipinski definition) is 0. The van der Waals surface area contributed by atoms with Gasteiger partial charge in [0.25, 0.3) is 0 Å². The summed E-state index contributed by atoms with van der Waals surface area (Å²) in [6.45, 7) is 0. The molecule has 86 valence electrons. The van der Waals surface area contributed by atoms with E-state index in [1.54, 1.807) is 24.5 Å². The van der Waals surface area contributed by atoms with Crippen molar-refractivity contribution in [2.45, 2.75) is 0 Å². The largest absolute Gasteiger partial charge is 0.289 e. The summed E-state index contributed by atoms with van der Waals surface area (Å²) in [5.41, 5.74) is 1.21. The SMILES string of the molecule is O=c1c2ccccc2nc(C=S)c2cnccc12. The Morgan fingerprint density at radius 2 is 1.89 bits per heavy atom. The van der Waals surface area contributed by atoms with Gasteiger partial charge >= 0.3 is 0 Å². The second kappa shape index (κ2) is 4.23. The normalized spacial score (nSPS) is 10.7. The number of pyridine rings is 1. The van der Waals surface area contributed by atoms with Gasteiger partial charge in [-0.25, -0.2) is 4.98 Å². The van der Waals surface area contributed by atoms with E-state index in [-0.39, 0.29) is 5.43 Å². The number of aromatic nitrogens is 2. The third-order valence-corrected chi connectivity index (χ3v) is 3.07. The van der Waals surface area contributed by atoms with Crippen LogP contribution in [0.1, 0.15) is 5.69 Å². The molecule has 0 amide bonds. The molecule has 0 saturated carbocycles. The number of thiocarbonyl (C=S) groups is 1. The van der Waals surface area contributed by atoms with Gasteiger partial charge < -0.3 is 0 Å². The van der Waals surface area contributed by atoms with Gasteiger partial charge in [0.05, 0.1) is 11.2 Å². The molecule has 0 aliphatic heterocycles. The first-order chi connectivity index (χ1) is 8.81. The van der Waals surface area contributed by atoms with Gasteiger partial charge in [-0.05, 0) is 18.2 Å². The Labute approximate surface area is 108 Å². The topological polar surface area (TPSA) is 42.9 Å². The zero-order chi connectivity index (χ0) is 12.5. The highest BCUT2D eigenvalue weighted by atomic mass is 32.1. The molecule has 0 aliphatic rings. The highest BCUT2D eigenvalue weighted by molar-refractivity contribution is 7.79. The van der Waals surface area contributed by atoms with Gasteiger partial charge in [0, 0.05) is 33.9 Å². The first kappa shape index (κ1) is 10.9. The van der Waals surface area contributed by atoms with E-state index in [2.05, 4.69) is 9.97 Å². The molecular formula is C14H8N2OS. The molecule has 18 heavy (non-hydrogen) atoms. The summed E-state index contributed by atoms with van der Waals surface area (Å²) >= 11 is 4.98. The zero-order valence-corrected chi connectivity index (χ0v) is 10.1. The molecule has 0 atom stereocenters. The molecule has 0 spiro atoms. The smallest absolute Gasteiger partial charge is 0.195 e. The average molecular weight is 252 g/mol. The van der Waals surface area contributed by atoms with Crippen molar-refractivity contribution in [1.29, 1.82) is 0 Å². The second-order valence-electron chi connectivity index (χ2n) is 3.88. The van der Waals surface area contributed by atoms with E-state index in [1.165, 1.54) is 5.37 Å². The summed E-state index contributed by atoms with van der Waals surface area (Å²) in [4.78, 5) is 20.9. The molecule has 1 aromatic carbocycles. The number of fused-ring (bicyclic) bond motifs is 2. The van der Waals surface area contributed by atoms with E-state index in [4.69, 9.17) is 12.2 Å². The lowest BCUT2D eigenvalue weighted by Crippen LogP contribution is -1.98. The maximum atomic E-state index is 12.4. The predicted molar refractivity (Wildman–Crippen MR) is 76.1 cm³/mol. The minimum absolute atomic E-state index is 0.0430. The molecule has 4 heteroatoms. The Balaban J connectivity index is 2.73. The monoisotopic (exact) mass is 252 g/mol. The second-order valence-corrected chi connectivity index (χ2v) is 4.12. The Kier molecular flexibility index (Phi) is 2.57. The molecule has 2 heterocycles. The van der Waals surface area contributed by atoms with Crippen LogP contribution in [0.2, 0.25) is 0 Å². The lowest BCUT2D eigenvalue weighted by Gasteiger charge is -1.92. The molecule has 0 unspecified atom stereocenters. The van der Waals surface area contributed by atoms with E-state index in [0.29, 0.717) is 27.4 Å². The van der Waals surface area contributed by atoms with Gasteiger partial charge in [-0.1, -0.05) is 24.4 Å². The van der Waals surface area contributed by atoms with Crippen LogP contribution in [0.5, 0.6) is 0 Å². The van der Waals surface area contributed by atoms with Crippen LogP contribution in [0.15, 0.2) is 47.5 Å². The number of rotatable bonds is 1. The van der Waals surface area contributed by atoms with E-state index >= 15 is 0 Å². The molecule has 3 aromatic rings. The number of hydrogen-bond acceptors (Lipinski definition) is 4. The fourth-order valence-corrected chi connectivity index (χ4v) is 2.16. The maximum absolute atomic E-state index is 12.4. The van der Waals surface area contributed by atoms with Gasteiger partial charge in [0.15, 0.2) is 5.43 Å². The van der Waals surface area contributed by atoms with Crippen LogP contribution in [0, 0.1) is 0 Å². The summed E-state index contributed by atoms with van der Waals surface area (Å²) in [5.74, 6) is 0. The zero-order valence-electron chi connectivity index (χ0n) is 9.33. The van der Waals surface area contributed by atoms with Gasteiger partial charge in [0.2, 0.25) is 0 Å². The van der Waals surface area contributed by atoms with Crippen molar-refractivity contribution in [2.75, 3.05) is 0 Å². The molecule has 0 N–H and O–H groups in total. The Hall–Kier alpha value is -2.20. The fraction of sp³-hybridized carbons (Fsp3) is 0. The summed E-state index contributed by atoms with van der Waals surface area (Å²) in [5, 5.41) is 3.36. The number of nitrogens with zero attached hydrogens (tertiary/aromatic N) is 2. The van der Waals surface area contributed by atoms with E-state index in [0.717, 1.165) is 0 Å². The average Bonchev–Trinajstić information content (AvgIpc) is 2.55. The molecule has 0 bridgehead atoms. The Bertz CT molecular complexity index is 830. The summed E-state index contributed by atoms with van der Waals surface area (Å²) in [6, 6.07) is 8.97. The first-order valence-electron chi connectivity index (χ1n) is 5.43. The molecule has 3 rings (SSSR count). The lowest BCUT2D eigenvalue weighted by atomic mass is 10.1. The van der Waals surface area contributed by atoms with E-state index in [9.17, 15) is 4.79 Å². The fourth-order valence-electron chi connectivity index (χ4n) is 1.98. The van der Waals surface area contributed by atoms with E-state index < -0.39 is 0 Å². The third kappa shape index (κ3) is 1.58. The van der Waals surface area contributed by atoms with Crippen molar-refractivity contribution in [3.63, 3.8) is 0 Å². The van der Waals surface area contributed by atoms with Crippen LogP contribution in [-0.2, 0) is 0 Å². The van der Waals surface area contributed by atoms with Crippen LogP contribution in [0.4, 0.5) is 0 Å². The number of benzene rings is 1. The lowest BCUT2D eigenvalue weighted by molar-refractivity contribution is 1.35. The van der Waals surface area contributed by atoms with Crippen LogP contribution in [0.3, 0.4) is 0 Å². The highest BCUT2D eigenvalue weighted by Crippen LogP contribution is 2.14. The third-order valence-electron chi connectivity index (χ3n) is 2.84. The van der Waals surface area contributed by atoms with Gasteiger partial charge in [0.1, 0.15) is 0 Å². The van der Waals surface area contributed by atoms with Gasteiger partial charge in [-0.15, -0.1) is 0 Å². The van der Waals surface area contributed by atoms with Gasteiger partial charge in [-0.3, -0.25) is 9.78 Å². The summed E-state index contributed by atoms with van der Waals surface area (Å²) in [7, 11) is 0. The van der Waals surface area contributed by atoms with Crippen molar-refractivity contribution < 1.29 is 0 Å². The van der Waals surface area contributed by atoms with Crippen LogP contribution >= 0.6 is 12.2 Å². The molecule has 0 saturated heterocycles. The van der Waals surface area contributed by atoms with Crippen LogP contribution < -0.4 is 5.43 Å². The van der Waals surface area contributed by atoms with Crippen molar-refractivity contribution in [3.8, 4) is 0 Å². The first-order valence-corrected chi connectivity index (χ1v) is 5.90. The number of para-hydroxylation sites is 1. The molecule has 0 fully saturated rings. The molecule has 0 aliphatic carbocycles. The van der Waals surface area contributed by atoms with E-state index in [1.807, 2.05) is 18.2 Å². The van der Waals surface area contributed by atoms with Crippen LogP contribution in [0.25, 0.3) is 21.7 Å². The minimum atomic E-state index is -0.0430. The van der Waals surface area contributed by atoms with Gasteiger partial charge in [-0.2, -0.15) is 0 Å². The molecule has 3 nitrogen and oxygen atoms in total. The van der Waals surface area contributed by atoms with Crippen molar-refractivity contribution in [2.24, 2.45) is 0 Å². The highest BCUT2D eigenvalue weighted by Gasteiger charge is 2.06. The van der Waals surface area contributed by atoms with Crippen molar-refractivity contribution in [3.05, 3.63) is 58.6 Å². The standard InChI is InChI=1S/C14H8N2OS/c17-14-9-5-6-15-7-11(9)13(8-18)16-12-4-2-1-3-10(12)14/h1-8H. The quantitative estimate of drug-likeness (QED) is 0.624. The minimum Gasteiger partial charge on any atom is -0.289 e. The maximum Gasteiger partial charge on any atom is 0.195 e. The molecule has 2 aromatic heterocycles. The Morgan fingerprint density at radius 3 is 2.72 bits per heavy atom. The summed E-state index contributed by atoms with van der Waals surface area (Å²) in [6.07, 6.45) is 3.23.